The standard InChI is InChI=1S/C26H30FN7/c1-18-14-32(25-5-4-22(11-28)34-26(25)24(27)13-30-34)17-23-16-31(8-9-33(18)23)15-19-2-3-20-6-7-29-12-21(20)10-19/h2-5,10,13,18,23,29H,6-9,12,14-17H2,1H3. The number of hydrogen-bond acceptors (Lipinski definition) is 6. The smallest absolute Gasteiger partial charge is 0.171 e. The molecule has 0 spiro atoms. The Hall–Kier alpha value is -2.99. The van der Waals surface area contributed by atoms with Crippen molar-refractivity contribution in [3.05, 3.63) is 64.7 Å². The molecule has 0 amide bonds. The fourth-order valence-electron chi connectivity index (χ4n) is 6.05. The predicted octanol–water partition coefficient (Wildman–Crippen LogP) is 2.39. The number of halogens is 1. The van der Waals surface area contributed by atoms with E-state index in [1.54, 1.807) is 6.07 Å². The predicted molar refractivity (Wildman–Crippen MR) is 129 cm³/mol. The van der Waals surface area contributed by atoms with E-state index < -0.39 is 0 Å². The van der Waals surface area contributed by atoms with Crippen molar-refractivity contribution in [2.75, 3.05) is 44.2 Å². The number of pyridine rings is 1. The van der Waals surface area contributed by atoms with Gasteiger partial charge in [0, 0.05) is 57.9 Å². The Labute approximate surface area is 199 Å². The lowest BCUT2D eigenvalue weighted by atomic mass is 9.97. The van der Waals surface area contributed by atoms with Gasteiger partial charge in [-0.2, -0.15) is 10.4 Å². The van der Waals surface area contributed by atoms with Gasteiger partial charge in [-0.05, 0) is 48.7 Å². The van der Waals surface area contributed by atoms with Crippen molar-refractivity contribution in [3.63, 3.8) is 0 Å². The summed E-state index contributed by atoms with van der Waals surface area (Å²) in [5.74, 6) is -0.380. The van der Waals surface area contributed by atoms with Gasteiger partial charge in [0.25, 0.3) is 0 Å². The second-order valence-electron chi connectivity index (χ2n) is 9.88. The molecule has 2 atom stereocenters. The molecule has 8 heteroatoms. The summed E-state index contributed by atoms with van der Waals surface area (Å²) in [6, 6.07) is 13.5. The minimum atomic E-state index is -0.380. The quantitative estimate of drug-likeness (QED) is 0.649. The summed E-state index contributed by atoms with van der Waals surface area (Å²) in [6.45, 7) is 10.0. The third kappa shape index (κ3) is 3.74. The van der Waals surface area contributed by atoms with E-state index in [1.807, 2.05) is 6.07 Å². The molecule has 3 aromatic rings. The Kier molecular flexibility index (Phi) is 5.48. The molecule has 2 unspecified atom stereocenters. The largest absolute Gasteiger partial charge is 0.367 e. The molecule has 2 saturated heterocycles. The van der Waals surface area contributed by atoms with Crippen LogP contribution in [0.1, 0.15) is 29.3 Å². The van der Waals surface area contributed by atoms with Gasteiger partial charge in [0.15, 0.2) is 5.82 Å². The van der Waals surface area contributed by atoms with Gasteiger partial charge in [-0.1, -0.05) is 18.2 Å². The van der Waals surface area contributed by atoms with Gasteiger partial charge >= 0.3 is 0 Å². The van der Waals surface area contributed by atoms with Crippen molar-refractivity contribution in [2.24, 2.45) is 0 Å². The zero-order valence-electron chi connectivity index (χ0n) is 19.5. The van der Waals surface area contributed by atoms with Gasteiger partial charge < -0.3 is 10.2 Å². The van der Waals surface area contributed by atoms with Crippen LogP contribution in [0.3, 0.4) is 0 Å². The van der Waals surface area contributed by atoms with Gasteiger partial charge in [-0.15, -0.1) is 0 Å². The summed E-state index contributed by atoms with van der Waals surface area (Å²) in [5.41, 5.74) is 5.86. The topological polar surface area (TPSA) is 62.8 Å². The van der Waals surface area contributed by atoms with Gasteiger partial charge in [0.2, 0.25) is 0 Å². The number of piperazine rings is 2. The fraction of sp³-hybridized carbons (Fsp3) is 0.462. The molecule has 7 nitrogen and oxygen atoms in total. The van der Waals surface area contributed by atoms with Crippen molar-refractivity contribution >= 4 is 11.2 Å². The van der Waals surface area contributed by atoms with Crippen LogP contribution in [-0.4, -0.2) is 70.8 Å². The van der Waals surface area contributed by atoms with Crippen molar-refractivity contribution in [2.45, 2.75) is 38.5 Å². The van der Waals surface area contributed by atoms with Crippen LogP contribution in [0.4, 0.5) is 10.1 Å². The molecule has 2 aromatic heterocycles. The summed E-state index contributed by atoms with van der Waals surface area (Å²) in [5, 5.41) is 17.0. The zero-order chi connectivity index (χ0) is 23.2. The number of rotatable bonds is 3. The van der Waals surface area contributed by atoms with E-state index in [9.17, 15) is 9.65 Å². The van der Waals surface area contributed by atoms with Gasteiger partial charge in [0.05, 0.1) is 11.9 Å². The zero-order valence-corrected chi connectivity index (χ0v) is 19.5. The lowest BCUT2D eigenvalue weighted by molar-refractivity contribution is 0.0317. The number of anilines is 1. The molecule has 0 saturated carbocycles. The minimum absolute atomic E-state index is 0.346. The first kappa shape index (κ1) is 21.5. The number of nitrogens with zero attached hydrogens (tertiary/aromatic N) is 6. The molecule has 0 bridgehead atoms. The highest BCUT2D eigenvalue weighted by molar-refractivity contribution is 5.75. The number of nitriles is 1. The van der Waals surface area contributed by atoms with Crippen LogP contribution in [0.25, 0.3) is 5.52 Å². The number of nitrogens with one attached hydrogen (secondary N) is 1. The molecule has 1 aromatic carbocycles. The fourth-order valence-corrected chi connectivity index (χ4v) is 6.05. The third-order valence-corrected chi connectivity index (χ3v) is 7.71. The van der Waals surface area contributed by atoms with Crippen molar-refractivity contribution < 1.29 is 4.39 Å². The lowest BCUT2D eigenvalue weighted by Crippen LogP contribution is -2.65. The molecule has 3 aliphatic rings. The van der Waals surface area contributed by atoms with E-state index >= 15 is 0 Å². The van der Waals surface area contributed by atoms with Crippen molar-refractivity contribution in [3.8, 4) is 6.07 Å². The van der Waals surface area contributed by atoms with Gasteiger partial charge in [-0.3, -0.25) is 9.80 Å². The molecular formula is C26H30FN7. The maximum absolute atomic E-state index is 14.7. The first-order chi connectivity index (χ1) is 16.6. The summed E-state index contributed by atoms with van der Waals surface area (Å²) in [6.07, 6.45) is 2.32. The molecule has 176 valence electrons. The molecule has 0 radical (unpaired) electrons. The van der Waals surface area contributed by atoms with E-state index in [-0.39, 0.29) is 5.82 Å². The normalized spacial score (nSPS) is 23.5. The summed E-state index contributed by atoms with van der Waals surface area (Å²) in [4.78, 5) is 7.45. The first-order valence-electron chi connectivity index (χ1n) is 12.2. The Bertz CT molecular complexity index is 1260. The van der Waals surface area contributed by atoms with Crippen LogP contribution in [0.15, 0.2) is 36.5 Å². The van der Waals surface area contributed by atoms with Gasteiger partial charge in [0.1, 0.15) is 17.3 Å². The molecule has 2 fully saturated rings. The number of fused-ring (bicyclic) bond motifs is 3. The number of benzene rings is 1. The number of aromatic nitrogens is 2. The highest BCUT2D eigenvalue weighted by Gasteiger charge is 2.37. The Morgan fingerprint density at radius 2 is 2.06 bits per heavy atom. The van der Waals surface area contributed by atoms with Crippen molar-refractivity contribution in [1.29, 1.82) is 5.26 Å². The number of hydrogen-bond donors (Lipinski definition) is 1. The van der Waals surface area contributed by atoms with Crippen LogP contribution in [-0.2, 0) is 19.5 Å². The van der Waals surface area contributed by atoms with Crippen LogP contribution in [0.5, 0.6) is 0 Å². The lowest BCUT2D eigenvalue weighted by Gasteiger charge is -2.51. The average Bonchev–Trinajstić information content (AvgIpc) is 3.25. The average molecular weight is 460 g/mol. The van der Waals surface area contributed by atoms with Gasteiger partial charge in [-0.25, -0.2) is 8.91 Å². The molecule has 3 aliphatic heterocycles. The Balaban J connectivity index is 1.22. The van der Waals surface area contributed by atoms with E-state index in [1.165, 1.54) is 27.4 Å². The Morgan fingerprint density at radius 3 is 2.94 bits per heavy atom. The molecule has 6 rings (SSSR count). The summed E-state index contributed by atoms with van der Waals surface area (Å²) in [7, 11) is 0. The third-order valence-electron chi connectivity index (χ3n) is 7.71. The monoisotopic (exact) mass is 459 g/mol. The van der Waals surface area contributed by atoms with E-state index in [0.29, 0.717) is 23.3 Å². The highest BCUT2D eigenvalue weighted by Crippen LogP contribution is 2.30. The van der Waals surface area contributed by atoms with Crippen LogP contribution in [0.2, 0.25) is 0 Å². The summed E-state index contributed by atoms with van der Waals surface area (Å²) < 4.78 is 16.1. The molecule has 34 heavy (non-hydrogen) atoms. The minimum Gasteiger partial charge on any atom is -0.367 e. The first-order valence-corrected chi connectivity index (χ1v) is 12.2. The summed E-state index contributed by atoms with van der Waals surface area (Å²) >= 11 is 0. The SMILES string of the molecule is CC1CN(c2ccc(C#N)n3ncc(F)c23)CC2CN(Cc3ccc4c(c3)CNCC4)CCN12. The molecule has 5 heterocycles. The van der Waals surface area contributed by atoms with E-state index in [4.69, 9.17) is 0 Å². The molecule has 1 N–H and O–H groups in total. The molecular weight excluding hydrogens is 429 g/mol. The van der Waals surface area contributed by atoms with Crippen LogP contribution >= 0.6 is 0 Å². The second-order valence-corrected chi connectivity index (χ2v) is 9.88. The highest BCUT2D eigenvalue weighted by atomic mass is 19.1. The van der Waals surface area contributed by atoms with Crippen LogP contribution in [0, 0.1) is 17.1 Å². The van der Waals surface area contributed by atoms with E-state index in [0.717, 1.165) is 64.5 Å². The maximum Gasteiger partial charge on any atom is 0.171 e. The Morgan fingerprint density at radius 1 is 1.15 bits per heavy atom. The maximum atomic E-state index is 14.7. The van der Waals surface area contributed by atoms with Crippen molar-refractivity contribution in [1.82, 2.24) is 24.7 Å². The van der Waals surface area contributed by atoms with Crippen LogP contribution < -0.4 is 10.2 Å². The van der Waals surface area contributed by atoms with E-state index in [2.05, 4.69) is 56.3 Å². The second kappa shape index (κ2) is 8.66. The molecule has 0 aliphatic carbocycles.